The Balaban J connectivity index is 0.783. The van der Waals surface area contributed by atoms with Crippen molar-refractivity contribution in [1.29, 1.82) is 0 Å². The molecule has 1 aromatic heterocycles. The summed E-state index contributed by atoms with van der Waals surface area (Å²) in [6.45, 7) is 11.2. The van der Waals surface area contributed by atoms with Crippen LogP contribution in [0, 0.1) is 5.41 Å². The predicted octanol–water partition coefficient (Wildman–Crippen LogP) is 9.09. The lowest BCUT2D eigenvalue weighted by Crippen LogP contribution is -2.53. The minimum absolute atomic E-state index is 0.0201. The molecule has 3 atom stereocenters. The van der Waals surface area contributed by atoms with Gasteiger partial charge in [-0.25, -0.2) is 31.3 Å². The number of allylic oxidation sites excluding steroid dienone is 1. The van der Waals surface area contributed by atoms with Crippen molar-refractivity contribution in [1.82, 2.24) is 34.7 Å². The summed E-state index contributed by atoms with van der Waals surface area (Å²) in [5.74, 6) is -0.718. The summed E-state index contributed by atoms with van der Waals surface area (Å²) < 4.78 is 99.9. The number of carbonyl (C=O) groups excluding carboxylic acids is 3. The van der Waals surface area contributed by atoms with Gasteiger partial charge in [-0.3, -0.25) is 34.6 Å². The first-order valence-corrected chi connectivity index (χ1v) is 31.8. The Hall–Kier alpha value is -6.08. The summed E-state index contributed by atoms with van der Waals surface area (Å²) in [7, 11) is -11.0. The number of imide groups is 1. The molecule has 0 spiro atoms. The molecule has 5 aliphatic rings. The van der Waals surface area contributed by atoms with Crippen LogP contribution in [0.4, 0.5) is 35.2 Å². The Kier molecular flexibility index (Phi) is 17.8. The summed E-state index contributed by atoms with van der Waals surface area (Å²) in [4.78, 5) is 56.0. The Morgan fingerprint density at radius 3 is 2.21 bits per heavy atom. The first-order chi connectivity index (χ1) is 39.1. The van der Waals surface area contributed by atoms with E-state index < -0.39 is 58.8 Å². The van der Waals surface area contributed by atoms with Crippen LogP contribution in [0.25, 0.3) is 5.57 Å². The summed E-state index contributed by atoms with van der Waals surface area (Å²) >= 11 is 7.65. The first-order valence-electron chi connectivity index (χ1n) is 27.5. The lowest BCUT2D eigenvalue weighted by atomic mass is 9.73. The van der Waals surface area contributed by atoms with Crippen LogP contribution < -0.4 is 25.2 Å². The van der Waals surface area contributed by atoms with Gasteiger partial charge in [-0.05, 0) is 122 Å². The second-order valence-corrected chi connectivity index (χ2v) is 27.6. The minimum atomic E-state index is -6.13. The van der Waals surface area contributed by atoms with Crippen LogP contribution in [-0.2, 0) is 31.2 Å². The lowest BCUT2D eigenvalue weighted by Gasteiger charge is -2.41. The van der Waals surface area contributed by atoms with E-state index in [1.165, 1.54) is 51.7 Å². The van der Waals surface area contributed by atoms with Crippen molar-refractivity contribution in [2.24, 2.45) is 5.41 Å². The molecule has 10 rings (SSSR count). The van der Waals surface area contributed by atoms with Gasteiger partial charge in [-0.1, -0.05) is 61.4 Å². The van der Waals surface area contributed by atoms with Gasteiger partial charge in [0.25, 0.3) is 25.8 Å². The third-order valence-corrected chi connectivity index (χ3v) is 20.4. The fourth-order valence-corrected chi connectivity index (χ4v) is 14.9. The molecule has 4 saturated heterocycles. The number of carbonyl (C=O) groups is 3. The average molecular weight is 1200 g/mol. The number of fused-ring (bicyclic) bond motifs is 2. The number of nitrogens with zero attached hydrogens (tertiary/aromatic N) is 7. The highest BCUT2D eigenvalue weighted by atomic mass is 35.5. The van der Waals surface area contributed by atoms with E-state index in [1.807, 2.05) is 47.2 Å². The van der Waals surface area contributed by atoms with Crippen LogP contribution in [0.15, 0.2) is 130 Å². The third kappa shape index (κ3) is 13.9. The fraction of sp³-hybridized carbons (Fsp3) is 0.431. The molecule has 2 bridgehead atoms. The van der Waals surface area contributed by atoms with Crippen molar-refractivity contribution < 1.29 is 44.4 Å². The van der Waals surface area contributed by atoms with Crippen molar-refractivity contribution >= 4 is 83.8 Å². The number of rotatable bonds is 19. The maximum Gasteiger partial charge on any atom is 0.501 e. The molecule has 0 radical (unpaired) electrons. The molecule has 24 heteroatoms. The molecule has 17 nitrogen and oxygen atoms in total. The van der Waals surface area contributed by atoms with Gasteiger partial charge in [0.15, 0.2) is 5.82 Å². The molecule has 4 fully saturated rings. The standard InChI is InChI=1S/C58H66ClF3N10O7S3/c1-57(2)23-20-50(39-8-12-42(59)13-9-39)41(31-57)34-68-26-28-70(29-27-68)45-14-10-40(11-15-45)55(74)67-82(78,79)49-18-19-51(52(30-49)81(76,77)58(60,61)62)65-43(38-80-48-6-4-3-5-7-48)21-24-69-36-46-16-17-47(37-69)72(46)35-44-32-64-53(33-63-44)71-25-22-54(73)66-56(71)75/h3-15,18-19,30,32-33,43,46-47,65H,16-17,20-29,31,34-38H2,1-2H3,(H,67,74)(H,66,73,75)/t43-,46?,47?/m1/s1. The highest BCUT2D eigenvalue weighted by Crippen LogP contribution is 2.43. The lowest BCUT2D eigenvalue weighted by molar-refractivity contribution is -0.120. The van der Waals surface area contributed by atoms with Gasteiger partial charge in [-0.15, -0.1) is 11.8 Å². The van der Waals surface area contributed by atoms with Crippen LogP contribution in [0.2, 0.25) is 5.02 Å². The number of nitrogens with one attached hydrogen (secondary N) is 3. The number of alkyl halides is 3. The molecule has 5 heterocycles. The van der Waals surface area contributed by atoms with E-state index in [0.29, 0.717) is 55.3 Å². The van der Waals surface area contributed by atoms with Gasteiger partial charge in [0, 0.05) is 117 Å². The number of halogens is 4. The van der Waals surface area contributed by atoms with E-state index in [9.17, 15) is 44.4 Å². The third-order valence-electron chi connectivity index (χ3n) is 16.2. The fourth-order valence-electron chi connectivity index (χ4n) is 11.7. The van der Waals surface area contributed by atoms with Crippen molar-refractivity contribution in [3.63, 3.8) is 0 Å². The van der Waals surface area contributed by atoms with Gasteiger partial charge in [-0.2, -0.15) is 13.2 Å². The van der Waals surface area contributed by atoms with Crippen molar-refractivity contribution in [3.8, 4) is 0 Å². The van der Waals surface area contributed by atoms with Crippen LogP contribution in [0.5, 0.6) is 0 Å². The Morgan fingerprint density at radius 2 is 1.55 bits per heavy atom. The molecular formula is C58H66ClF3N10O7S3. The topological polar surface area (TPSA) is 198 Å². The molecule has 436 valence electrons. The van der Waals surface area contributed by atoms with E-state index in [-0.39, 0.29) is 41.9 Å². The monoisotopic (exact) mass is 1200 g/mol. The zero-order valence-corrected chi connectivity index (χ0v) is 48.8. The van der Waals surface area contributed by atoms with Gasteiger partial charge in [0.2, 0.25) is 5.91 Å². The Bertz CT molecular complexity index is 3400. The number of piperazine rings is 2. The van der Waals surface area contributed by atoms with Crippen LogP contribution >= 0.6 is 23.4 Å². The summed E-state index contributed by atoms with van der Waals surface area (Å²) in [6.07, 6.45) is 8.70. The number of thioether (sulfide) groups is 1. The largest absolute Gasteiger partial charge is 0.501 e. The zero-order chi connectivity index (χ0) is 58.0. The Morgan fingerprint density at radius 1 is 0.841 bits per heavy atom. The van der Waals surface area contributed by atoms with Crippen LogP contribution in [-0.4, -0.2) is 148 Å². The molecule has 4 amide bonds. The first kappa shape index (κ1) is 59.1. The summed E-state index contributed by atoms with van der Waals surface area (Å²) in [5, 5.41) is 6.06. The summed E-state index contributed by atoms with van der Waals surface area (Å²) in [5.41, 5.74) is -0.452. The zero-order valence-electron chi connectivity index (χ0n) is 45.6. The number of benzene rings is 4. The van der Waals surface area contributed by atoms with Crippen LogP contribution in [0.1, 0.15) is 80.4 Å². The smallest absolute Gasteiger partial charge is 0.380 e. The predicted molar refractivity (Wildman–Crippen MR) is 311 cm³/mol. The molecule has 82 heavy (non-hydrogen) atoms. The number of sulfonamides is 1. The van der Waals surface area contributed by atoms with Crippen molar-refractivity contribution in [2.75, 3.05) is 79.8 Å². The molecule has 0 saturated carbocycles. The molecular weight excluding hydrogens is 1140 g/mol. The number of aromatic nitrogens is 2. The average Bonchev–Trinajstić information content (AvgIpc) is 3.54. The van der Waals surface area contributed by atoms with E-state index in [1.54, 1.807) is 18.3 Å². The number of hydrogen-bond donors (Lipinski definition) is 3. The van der Waals surface area contributed by atoms with Gasteiger partial charge < -0.3 is 15.1 Å². The minimum Gasteiger partial charge on any atom is -0.380 e. The number of amides is 4. The van der Waals surface area contributed by atoms with Gasteiger partial charge in [0.05, 0.1) is 28.7 Å². The van der Waals surface area contributed by atoms with E-state index in [4.69, 9.17) is 11.6 Å². The SMILES string of the molecule is CC1(C)CCC(c2ccc(Cl)cc2)=C(CN2CCN(c3ccc(C(=O)NS(=O)(=O)c4ccc(N[C@H](CCN5CC6CCC(C5)N6Cc5cnc(N6CCC(=O)NC6=O)cn5)CSc5ccccc5)c(S(=O)(=O)C(F)(F)F)c4)cc3)CC2)C1. The number of anilines is 3. The van der Waals surface area contributed by atoms with Crippen molar-refractivity contribution in [2.45, 2.75) is 104 Å². The van der Waals surface area contributed by atoms with E-state index >= 15 is 0 Å². The maximum atomic E-state index is 14.5. The summed E-state index contributed by atoms with van der Waals surface area (Å²) in [6, 6.07) is 25.5. The molecule has 4 aliphatic heterocycles. The molecule has 4 aromatic carbocycles. The highest BCUT2D eigenvalue weighted by molar-refractivity contribution is 7.99. The Labute approximate surface area is 486 Å². The van der Waals surface area contributed by atoms with Crippen molar-refractivity contribution in [3.05, 3.63) is 137 Å². The molecule has 2 unspecified atom stereocenters. The number of urea groups is 1. The van der Waals surface area contributed by atoms with E-state index in [2.05, 4.69) is 66.2 Å². The molecule has 5 aromatic rings. The highest BCUT2D eigenvalue weighted by Gasteiger charge is 2.49. The number of likely N-dealkylation sites (tertiary alicyclic amines) is 1. The van der Waals surface area contributed by atoms with Gasteiger partial charge >= 0.3 is 11.5 Å². The van der Waals surface area contributed by atoms with E-state index in [0.717, 1.165) is 93.2 Å². The normalized spacial score (nSPS) is 20.7. The van der Waals surface area contributed by atoms with Crippen LogP contribution in [0.3, 0.4) is 0 Å². The molecule has 1 aliphatic carbocycles. The number of sulfone groups is 1. The maximum absolute atomic E-state index is 14.5. The number of hydrogen-bond acceptors (Lipinski definition) is 15. The molecule has 3 N–H and O–H groups in total. The quantitative estimate of drug-likeness (QED) is 0.0662. The van der Waals surface area contributed by atoms with Gasteiger partial charge in [0.1, 0.15) is 4.90 Å². The second-order valence-electron chi connectivity index (χ2n) is 22.5. The second kappa shape index (κ2) is 24.6.